The molecule has 0 unspecified atom stereocenters. The molecule has 0 aliphatic rings. The highest BCUT2D eigenvalue weighted by Gasteiger charge is 1.98. The third kappa shape index (κ3) is 18.1. The van der Waals surface area contributed by atoms with E-state index in [1.165, 1.54) is 25.3 Å². The summed E-state index contributed by atoms with van der Waals surface area (Å²) in [5.41, 5.74) is 0. The second-order valence-electron chi connectivity index (χ2n) is 5.33. The van der Waals surface area contributed by atoms with Crippen LogP contribution in [0.4, 0.5) is 0 Å². The summed E-state index contributed by atoms with van der Waals surface area (Å²) in [4.78, 5) is 10.2. The van der Waals surface area contributed by atoms with Gasteiger partial charge in [0.2, 0.25) is 0 Å². The molecule has 0 amide bonds. The molecule has 0 aromatic carbocycles. The lowest BCUT2D eigenvalue weighted by molar-refractivity contribution is -0.131. The number of aliphatic hydroxyl groups is 1. The van der Waals surface area contributed by atoms with Gasteiger partial charge in [-0.15, -0.1) is 0 Å². The number of hydrogen-bond donors (Lipinski definition) is 2. The number of allylic oxidation sites excluding steroid dienone is 9. The zero-order chi connectivity index (χ0) is 17.2. The van der Waals surface area contributed by atoms with Gasteiger partial charge in [-0.3, -0.25) is 0 Å². The van der Waals surface area contributed by atoms with E-state index in [2.05, 4.69) is 6.08 Å². The average Bonchev–Trinajstić information content (AvgIpc) is 2.53. The van der Waals surface area contributed by atoms with Crippen LogP contribution in [-0.4, -0.2) is 22.3 Å². The summed E-state index contributed by atoms with van der Waals surface area (Å²) in [6.07, 6.45) is 25.4. The van der Waals surface area contributed by atoms with Gasteiger partial charge in [0.25, 0.3) is 0 Å². The lowest BCUT2D eigenvalue weighted by atomic mass is 10.1. The summed E-state index contributed by atoms with van der Waals surface area (Å²) in [6.45, 7) is 2.02. The minimum Gasteiger partial charge on any atom is -0.478 e. The summed E-state index contributed by atoms with van der Waals surface area (Å²) in [6, 6.07) is 0. The summed E-state index contributed by atoms with van der Waals surface area (Å²) < 4.78 is 0. The van der Waals surface area contributed by atoms with Gasteiger partial charge >= 0.3 is 5.97 Å². The van der Waals surface area contributed by atoms with Crippen molar-refractivity contribution >= 4 is 5.97 Å². The molecular formula is C20H30O3. The number of unbranched alkanes of at least 4 members (excludes halogenated alkanes) is 4. The van der Waals surface area contributed by atoms with Gasteiger partial charge in [-0.1, -0.05) is 80.9 Å². The van der Waals surface area contributed by atoms with Crippen molar-refractivity contribution in [2.75, 3.05) is 0 Å². The van der Waals surface area contributed by atoms with E-state index in [0.29, 0.717) is 0 Å². The van der Waals surface area contributed by atoms with Crippen molar-refractivity contribution in [2.24, 2.45) is 0 Å². The van der Waals surface area contributed by atoms with Crippen LogP contribution in [-0.2, 0) is 4.79 Å². The van der Waals surface area contributed by atoms with E-state index in [0.717, 1.165) is 31.8 Å². The Kier molecular flexibility index (Phi) is 15.2. The van der Waals surface area contributed by atoms with Gasteiger partial charge in [-0.2, -0.15) is 0 Å². The Labute approximate surface area is 140 Å². The monoisotopic (exact) mass is 318 g/mol. The first kappa shape index (κ1) is 21.1. The Hall–Kier alpha value is -1.87. The molecule has 23 heavy (non-hydrogen) atoms. The Balaban J connectivity index is 3.54. The van der Waals surface area contributed by atoms with Gasteiger partial charge in [0.1, 0.15) is 0 Å². The Morgan fingerprint density at radius 3 is 2.04 bits per heavy atom. The topological polar surface area (TPSA) is 57.5 Å². The van der Waals surface area contributed by atoms with Crippen molar-refractivity contribution in [2.45, 2.75) is 58.0 Å². The van der Waals surface area contributed by atoms with Crippen LogP contribution in [0.25, 0.3) is 0 Å². The molecule has 0 aliphatic carbocycles. The molecule has 1 atom stereocenters. The molecule has 0 saturated heterocycles. The maximum Gasteiger partial charge on any atom is 0.328 e. The molecule has 0 bridgehead atoms. The van der Waals surface area contributed by atoms with Crippen LogP contribution in [0.1, 0.15) is 51.9 Å². The number of carboxylic acids is 1. The molecule has 0 heterocycles. The third-order valence-electron chi connectivity index (χ3n) is 3.28. The molecule has 0 aliphatic heterocycles. The molecule has 2 N–H and O–H groups in total. The van der Waals surface area contributed by atoms with E-state index in [1.54, 1.807) is 12.2 Å². The standard InChI is InChI=1S/C20H30O3/c1-2-19(21)17-15-13-11-9-7-5-3-4-6-8-10-12-14-16-18-20(22)23/h3-6,8,10,12,14,16,18-19,21H,2,7,9,11,13,15,17H2,1H3,(H,22,23)/t19-/m0/s1. The number of hydrogen-bond acceptors (Lipinski definition) is 2. The van der Waals surface area contributed by atoms with Gasteiger partial charge < -0.3 is 10.2 Å². The van der Waals surface area contributed by atoms with Gasteiger partial charge in [0.15, 0.2) is 0 Å². The maximum atomic E-state index is 10.2. The molecule has 0 aromatic rings. The molecule has 0 aromatic heterocycles. The molecule has 0 radical (unpaired) electrons. The van der Waals surface area contributed by atoms with Gasteiger partial charge in [-0.05, 0) is 25.7 Å². The zero-order valence-corrected chi connectivity index (χ0v) is 14.1. The lowest BCUT2D eigenvalue weighted by Gasteiger charge is -2.06. The van der Waals surface area contributed by atoms with Gasteiger partial charge in [0, 0.05) is 6.08 Å². The van der Waals surface area contributed by atoms with Crippen molar-refractivity contribution in [1.82, 2.24) is 0 Å². The van der Waals surface area contributed by atoms with Gasteiger partial charge in [-0.25, -0.2) is 4.79 Å². The highest BCUT2D eigenvalue weighted by molar-refractivity contribution is 5.80. The number of carbonyl (C=O) groups is 1. The second kappa shape index (κ2) is 16.5. The third-order valence-corrected chi connectivity index (χ3v) is 3.28. The predicted molar refractivity (Wildman–Crippen MR) is 97.3 cm³/mol. The number of aliphatic carboxylic acids is 1. The van der Waals surface area contributed by atoms with Crippen molar-refractivity contribution in [3.05, 3.63) is 60.8 Å². The van der Waals surface area contributed by atoms with E-state index in [-0.39, 0.29) is 6.10 Å². The lowest BCUT2D eigenvalue weighted by Crippen LogP contribution is -2.03. The Morgan fingerprint density at radius 1 is 0.870 bits per heavy atom. The van der Waals surface area contributed by atoms with E-state index in [4.69, 9.17) is 5.11 Å². The summed E-state index contributed by atoms with van der Waals surface area (Å²) in [5, 5.41) is 17.8. The normalized spacial score (nSPS) is 14.2. The van der Waals surface area contributed by atoms with Crippen molar-refractivity contribution in [3.63, 3.8) is 0 Å². The maximum absolute atomic E-state index is 10.2. The van der Waals surface area contributed by atoms with Crippen LogP contribution < -0.4 is 0 Å². The fourth-order valence-electron chi connectivity index (χ4n) is 1.90. The second-order valence-corrected chi connectivity index (χ2v) is 5.33. The van der Waals surface area contributed by atoms with E-state index in [1.807, 2.05) is 37.3 Å². The first-order valence-electron chi connectivity index (χ1n) is 8.41. The van der Waals surface area contributed by atoms with Gasteiger partial charge in [0.05, 0.1) is 6.10 Å². The fraction of sp³-hybridized carbons (Fsp3) is 0.450. The van der Waals surface area contributed by atoms with Crippen molar-refractivity contribution < 1.29 is 15.0 Å². The summed E-state index contributed by atoms with van der Waals surface area (Å²) in [7, 11) is 0. The van der Waals surface area contributed by atoms with Crippen LogP contribution in [0.3, 0.4) is 0 Å². The zero-order valence-electron chi connectivity index (χ0n) is 14.1. The minimum absolute atomic E-state index is 0.115. The summed E-state index contributed by atoms with van der Waals surface area (Å²) in [5.74, 6) is -0.942. The Bertz CT molecular complexity index is 428. The van der Waals surface area contributed by atoms with Crippen LogP contribution in [0.15, 0.2) is 60.8 Å². The largest absolute Gasteiger partial charge is 0.478 e. The molecule has 3 heteroatoms. The number of rotatable bonds is 13. The molecule has 0 rings (SSSR count). The SMILES string of the molecule is CC[C@H](O)CCCCCCC=CC=CC=CC=CC=CC(=O)O. The first-order valence-corrected chi connectivity index (χ1v) is 8.41. The predicted octanol–water partition coefficient (Wildman–Crippen LogP) is 4.96. The highest BCUT2D eigenvalue weighted by atomic mass is 16.4. The highest BCUT2D eigenvalue weighted by Crippen LogP contribution is 2.09. The van der Waals surface area contributed by atoms with E-state index < -0.39 is 5.97 Å². The Morgan fingerprint density at radius 2 is 1.43 bits per heavy atom. The molecule has 0 fully saturated rings. The molecule has 0 saturated carbocycles. The molecule has 0 spiro atoms. The summed E-state index contributed by atoms with van der Waals surface area (Å²) >= 11 is 0. The molecule has 3 nitrogen and oxygen atoms in total. The minimum atomic E-state index is -0.942. The van der Waals surface area contributed by atoms with Crippen LogP contribution in [0.5, 0.6) is 0 Å². The van der Waals surface area contributed by atoms with Crippen molar-refractivity contribution in [1.29, 1.82) is 0 Å². The van der Waals surface area contributed by atoms with Crippen LogP contribution >= 0.6 is 0 Å². The molecular weight excluding hydrogens is 288 g/mol. The average molecular weight is 318 g/mol. The first-order chi connectivity index (χ1) is 11.2. The van der Waals surface area contributed by atoms with E-state index >= 15 is 0 Å². The quantitative estimate of drug-likeness (QED) is 0.286. The smallest absolute Gasteiger partial charge is 0.328 e. The molecule has 128 valence electrons. The fourth-order valence-corrected chi connectivity index (χ4v) is 1.90. The number of aliphatic hydroxyl groups excluding tert-OH is 1. The van der Waals surface area contributed by atoms with Crippen molar-refractivity contribution in [3.8, 4) is 0 Å². The van der Waals surface area contributed by atoms with Crippen LogP contribution in [0, 0.1) is 0 Å². The van der Waals surface area contributed by atoms with E-state index in [9.17, 15) is 9.90 Å². The van der Waals surface area contributed by atoms with Crippen LogP contribution in [0.2, 0.25) is 0 Å². The number of carboxylic acid groups (broad SMARTS) is 1.